The minimum atomic E-state index is -0.768. The maximum absolute atomic E-state index is 12.9. The fourth-order valence-corrected chi connectivity index (χ4v) is 3.99. The summed E-state index contributed by atoms with van der Waals surface area (Å²) >= 11 is 0. The van der Waals surface area contributed by atoms with E-state index < -0.39 is 5.41 Å². The van der Waals surface area contributed by atoms with E-state index in [9.17, 15) is 4.79 Å². The van der Waals surface area contributed by atoms with Crippen LogP contribution in [-0.2, 0) is 4.79 Å². The summed E-state index contributed by atoms with van der Waals surface area (Å²) < 4.78 is 0. The number of rotatable bonds is 3. The van der Waals surface area contributed by atoms with Crippen LogP contribution in [-0.4, -0.2) is 34.9 Å². The number of nitrogens with zero attached hydrogens (tertiary/aromatic N) is 2. The molecule has 0 atom stereocenters. The summed E-state index contributed by atoms with van der Waals surface area (Å²) in [5.41, 5.74) is 5.45. The van der Waals surface area contributed by atoms with Crippen LogP contribution in [0.15, 0.2) is 5.16 Å². The number of carbonyl (C=O) groups is 1. The van der Waals surface area contributed by atoms with Gasteiger partial charge < -0.3 is 15.8 Å². The molecule has 0 spiro atoms. The Morgan fingerprint density at radius 2 is 1.81 bits per heavy atom. The first-order valence-corrected chi connectivity index (χ1v) is 7.97. The van der Waals surface area contributed by atoms with Gasteiger partial charge in [0.1, 0.15) is 5.41 Å². The van der Waals surface area contributed by atoms with Crippen LogP contribution in [0.4, 0.5) is 0 Å². The molecule has 0 saturated heterocycles. The third-order valence-electron chi connectivity index (χ3n) is 5.58. The van der Waals surface area contributed by atoms with Crippen molar-refractivity contribution < 1.29 is 10.0 Å². The summed E-state index contributed by atoms with van der Waals surface area (Å²) in [7, 11) is 1.88. The Morgan fingerprint density at radius 1 is 1.29 bits per heavy atom. The number of amides is 1. The van der Waals surface area contributed by atoms with E-state index in [-0.39, 0.29) is 17.8 Å². The van der Waals surface area contributed by atoms with Crippen LogP contribution in [0, 0.1) is 16.7 Å². The van der Waals surface area contributed by atoms with Crippen LogP contribution in [0.25, 0.3) is 0 Å². The van der Waals surface area contributed by atoms with E-state index in [0.29, 0.717) is 24.2 Å². The third-order valence-corrected chi connectivity index (χ3v) is 5.58. The summed E-state index contributed by atoms with van der Waals surface area (Å²) in [6.45, 7) is 6.67. The Bertz CT molecular complexity index is 429. The van der Waals surface area contributed by atoms with Gasteiger partial charge in [-0.1, -0.05) is 25.9 Å². The molecule has 0 bridgehead atoms. The van der Waals surface area contributed by atoms with Gasteiger partial charge in [0.2, 0.25) is 5.91 Å². The van der Waals surface area contributed by atoms with Gasteiger partial charge in [0.25, 0.3) is 0 Å². The van der Waals surface area contributed by atoms with E-state index >= 15 is 0 Å². The first kappa shape index (κ1) is 16.1. The molecule has 3 N–H and O–H groups in total. The quantitative estimate of drug-likeness (QED) is 0.363. The lowest BCUT2D eigenvalue weighted by Crippen LogP contribution is -2.59. The lowest BCUT2D eigenvalue weighted by molar-refractivity contribution is -0.146. The number of carbonyl (C=O) groups excluding carboxylic acids is 1. The molecule has 2 saturated carbocycles. The van der Waals surface area contributed by atoms with E-state index in [0.717, 1.165) is 25.7 Å². The first-order chi connectivity index (χ1) is 9.72. The van der Waals surface area contributed by atoms with E-state index in [1.165, 1.54) is 0 Å². The Kier molecular flexibility index (Phi) is 4.22. The second-order valence-corrected chi connectivity index (χ2v) is 7.89. The predicted octanol–water partition coefficient (Wildman–Crippen LogP) is 2.58. The van der Waals surface area contributed by atoms with Crippen LogP contribution in [0.3, 0.4) is 0 Å². The molecular weight excluding hydrogens is 266 g/mol. The molecule has 0 aromatic heterocycles. The molecule has 1 amide bonds. The highest BCUT2D eigenvalue weighted by Crippen LogP contribution is 2.48. The average Bonchev–Trinajstić information content (AvgIpc) is 2.41. The summed E-state index contributed by atoms with van der Waals surface area (Å²) in [4.78, 5) is 14.8. The Balaban J connectivity index is 2.08. The molecule has 5 heteroatoms. The molecule has 120 valence electrons. The van der Waals surface area contributed by atoms with Crippen LogP contribution in [0.5, 0.6) is 0 Å². The van der Waals surface area contributed by atoms with Crippen LogP contribution < -0.4 is 5.73 Å². The van der Waals surface area contributed by atoms with Crippen LogP contribution in [0.2, 0.25) is 0 Å². The fourth-order valence-electron chi connectivity index (χ4n) is 3.99. The van der Waals surface area contributed by atoms with Gasteiger partial charge in [0.15, 0.2) is 5.84 Å². The van der Waals surface area contributed by atoms with Crippen molar-refractivity contribution in [2.75, 3.05) is 7.05 Å². The SMILES string of the molecule is CC1CC(C(=O)N(C)C2CCC(C)(C)CC2)(C(N)=NO)C1. The van der Waals surface area contributed by atoms with Crippen molar-refractivity contribution in [2.45, 2.75) is 65.3 Å². The van der Waals surface area contributed by atoms with Gasteiger partial charge in [-0.25, -0.2) is 0 Å². The predicted molar refractivity (Wildman–Crippen MR) is 83.0 cm³/mol. The van der Waals surface area contributed by atoms with Gasteiger partial charge >= 0.3 is 0 Å². The maximum atomic E-state index is 12.9. The highest BCUT2D eigenvalue weighted by molar-refractivity contribution is 6.07. The van der Waals surface area contributed by atoms with Crippen molar-refractivity contribution >= 4 is 11.7 Å². The molecule has 0 aromatic carbocycles. The first-order valence-electron chi connectivity index (χ1n) is 7.97. The number of hydrogen-bond donors (Lipinski definition) is 2. The zero-order chi connectivity index (χ0) is 15.8. The van der Waals surface area contributed by atoms with Crippen molar-refractivity contribution in [3.63, 3.8) is 0 Å². The monoisotopic (exact) mass is 295 g/mol. The zero-order valence-corrected chi connectivity index (χ0v) is 13.7. The summed E-state index contributed by atoms with van der Waals surface area (Å²) in [6, 6.07) is 0.282. The van der Waals surface area contributed by atoms with E-state index in [4.69, 9.17) is 10.9 Å². The lowest BCUT2D eigenvalue weighted by Gasteiger charge is -2.48. The van der Waals surface area contributed by atoms with Gasteiger partial charge in [-0.2, -0.15) is 0 Å². The minimum absolute atomic E-state index is 0.0283. The van der Waals surface area contributed by atoms with Crippen molar-refractivity contribution in [1.29, 1.82) is 0 Å². The van der Waals surface area contributed by atoms with Gasteiger partial charge in [-0.3, -0.25) is 4.79 Å². The summed E-state index contributed by atoms with van der Waals surface area (Å²) in [5, 5.41) is 12.2. The molecule has 0 unspecified atom stereocenters. The average molecular weight is 295 g/mol. The molecule has 0 aromatic rings. The highest BCUT2D eigenvalue weighted by atomic mass is 16.4. The maximum Gasteiger partial charge on any atom is 0.236 e. The Morgan fingerprint density at radius 3 is 2.24 bits per heavy atom. The lowest BCUT2D eigenvalue weighted by atomic mass is 9.60. The molecule has 0 radical (unpaired) electrons. The third kappa shape index (κ3) is 2.87. The topological polar surface area (TPSA) is 78.9 Å². The molecule has 2 fully saturated rings. The highest BCUT2D eigenvalue weighted by Gasteiger charge is 2.54. The molecule has 21 heavy (non-hydrogen) atoms. The molecule has 2 aliphatic rings. The normalized spacial score (nSPS) is 33.3. The van der Waals surface area contributed by atoms with Crippen molar-refractivity contribution in [3.8, 4) is 0 Å². The smallest absolute Gasteiger partial charge is 0.236 e. The van der Waals surface area contributed by atoms with Crippen LogP contribution in [0.1, 0.15) is 59.3 Å². The standard InChI is InChI=1S/C16H29N3O2/c1-11-9-16(10-11,13(17)18-21)14(20)19(4)12-5-7-15(2,3)8-6-12/h11-12,21H,5-10H2,1-4H3,(H2,17,18). The van der Waals surface area contributed by atoms with Gasteiger partial charge in [-0.15, -0.1) is 0 Å². The zero-order valence-electron chi connectivity index (χ0n) is 13.7. The molecule has 0 aliphatic heterocycles. The number of nitrogens with two attached hydrogens (primary N) is 1. The number of amidine groups is 1. The van der Waals surface area contributed by atoms with E-state index in [2.05, 4.69) is 25.9 Å². The number of oxime groups is 1. The Hall–Kier alpha value is -1.26. The number of hydrogen-bond acceptors (Lipinski definition) is 3. The molecule has 2 rings (SSSR count). The van der Waals surface area contributed by atoms with Crippen molar-refractivity contribution in [3.05, 3.63) is 0 Å². The van der Waals surface area contributed by atoms with Gasteiger partial charge in [0.05, 0.1) is 0 Å². The molecular formula is C16H29N3O2. The largest absolute Gasteiger partial charge is 0.409 e. The van der Waals surface area contributed by atoms with Gasteiger partial charge in [-0.05, 0) is 49.9 Å². The fraction of sp³-hybridized carbons (Fsp3) is 0.875. The molecule has 5 nitrogen and oxygen atoms in total. The summed E-state index contributed by atoms with van der Waals surface area (Å²) in [5.74, 6) is 0.558. The van der Waals surface area contributed by atoms with E-state index in [1.54, 1.807) is 0 Å². The minimum Gasteiger partial charge on any atom is -0.409 e. The van der Waals surface area contributed by atoms with Crippen molar-refractivity contribution in [2.24, 2.45) is 27.6 Å². The van der Waals surface area contributed by atoms with Crippen LogP contribution >= 0.6 is 0 Å². The second-order valence-electron chi connectivity index (χ2n) is 7.89. The Labute approximate surface area is 127 Å². The van der Waals surface area contributed by atoms with Crippen molar-refractivity contribution in [1.82, 2.24) is 4.90 Å². The summed E-state index contributed by atoms with van der Waals surface area (Å²) in [6.07, 6.45) is 5.73. The van der Waals surface area contributed by atoms with Gasteiger partial charge in [0, 0.05) is 13.1 Å². The molecule has 2 aliphatic carbocycles. The van der Waals surface area contributed by atoms with E-state index in [1.807, 2.05) is 11.9 Å². The molecule has 0 heterocycles. The second kappa shape index (κ2) is 5.50.